The summed E-state index contributed by atoms with van der Waals surface area (Å²) in [5, 5.41) is 2.78. The second kappa shape index (κ2) is 6.91. The SMILES string of the molecule is COc1ccccc1CC(=O)Nc1cc(-n2ccnc2C)ncn1. The van der Waals surface area contributed by atoms with Crippen LogP contribution in [-0.4, -0.2) is 32.5 Å². The molecule has 2 aromatic heterocycles. The fraction of sp³-hybridized carbons (Fsp3) is 0.176. The molecule has 1 amide bonds. The Morgan fingerprint density at radius 2 is 2.08 bits per heavy atom. The maximum absolute atomic E-state index is 12.3. The van der Waals surface area contributed by atoms with Crippen LogP contribution in [0, 0.1) is 6.92 Å². The van der Waals surface area contributed by atoms with E-state index in [1.54, 1.807) is 25.6 Å². The number of amides is 1. The van der Waals surface area contributed by atoms with Gasteiger partial charge in [-0.15, -0.1) is 0 Å². The molecule has 122 valence electrons. The highest BCUT2D eigenvalue weighted by molar-refractivity contribution is 5.91. The van der Waals surface area contributed by atoms with Crippen molar-refractivity contribution < 1.29 is 9.53 Å². The summed E-state index contributed by atoms with van der Waals surface area (Å²) in [7, 11) is 1.58. The molecule has 1 N–H and O–H groups in total. The van der Waals surface area contributed by atoms with Crippen LogP contribution in [0.25, 0.3) is 5.82 Å². The zero-order valence-corrected chi connectivity index (χ0v) is 13.4. The highest BCUT2D eigenvalue weighted by atomic mass is 16.5. The van der Waals surface area contributed by atoms with E-state index in [1.807, 2.05) is 35.8 Å². The number of carbonyl (C=O) groups excluding carboxylic acids is 1. The number of aryl methyl sites for hydroxylation is 1. The van der Waals surface area contributed by atoms with E-state index in [0.717, 1.165) is 11.4 Å². The van der Waals surface area contributed by atoms with E-state index in [-0.39, 0.29) is 12.3 Å². The average Bonchev–Trinajstić information content (AvgIpc) is 3.01. The Balaban J connectivity index is 1.74. The molecule has 0 saturated heterocycles. The van der Waals surface area contributed by atoms with Crippen LogP contribution >= 0.6 is 0 Å². The number of hydrogen-bond donors (Lipinski definition) is 1. The fourth-order valence-corrected chi connectivity index (χ4v) is 2.38. The number of benzene rings is 1. The van der Waals surface area contributed by atoms with Crippen molar-refractivity contribution in [3.8, 4) is 11.6 Å². The van der Waals surface area contributed by atoms with Crippen LogP contribution in [0.1, 0.15) is 11.4 Å². The molecule has 0 aliphatic heterocycles. The van der Waals surface area contributed by atoms with Gasteiger partial charge in [0.05, 0.1) is 13.5 Å². The maximum Gasteiger partial charge on any atom is 0.230 e. The molecule has 7 nitrogen and oxygen atoms in total. The summed E-state index contributed by atoms with van der Waals surface area (Å²) >= 11 is 0. The first kappa shape index (κ1) is 15.7. The zero-order valence-electron chi connectivity index (χ0n) is 13.4. The van der Waals surface area contributed by atoms with Crippen molar-refractivity contribution in [3.63, 3.8) is 0 Å². The topological polar surface area (TPSA) is 81.9 Å². The van der Waals surface area contributed by atoms with Crippen molar-refractivity contribution in [3.05, 3.63) is 60.4 Å². The molecule has 3 aromatic rings. The number of methoxy groups -OCH3 is 1. The summed E-state index contributed by atoms with van der Waals surface area (Å²) < 4.78 is 7.08. The van der Waals surface area contributed by atoms with Gasteiger partial charge >= 0.3 is 0 Å². The number of nitrogens with zero attached hydrogens (tertiary/aromatic N) is 4. The largest absolute Gasteiger partial charge is 0.496 e. The van der Waals surface area contributed by atoms with Crippen molar-refractivity contribution in [1.82, 2.24) is 19.5 Å². The third kappa shape index (κ3) is 3.40. The van der Waals surface area contributed by atoms with Crippen molar-refractivity contribution in [2.45, 2.75) is 13.3 Å². The third-order valence-electron chi connectivity index (χ3n) is 3.54. The molecule has 0 fully saturated rings. The smallest absolute Gasteiger partial charge is 0.230 e. The Kier molecular flexibility index (Phi) is 4.51. The standard InChI is InChI=1S/C17H17N5O2/c1-12-18-7-8-22(12)16-10-15(19-11-20-16)21-17(23)9-13-5-3-4-6-14(13)24-2/h3-8,10-11H,9H2,1-2H3,(H,19,20,21,23). The number of carbonyl (C=O) groups is 1. The molecule has 0 bridgehead atoms. The molecule has 7 heteroatoms. The minimum Gasteiger partial charge on any atom is -0.496 e. The summed E-state index contributed by atoms with van der Waals surface area (Å²) in [6.45, 7) is 1.88. The van der Waals surface area contributed by atoms with Gasteiger partial charge in [0.2, 0.25) is 5.91 Å². The quantitative estimate of drug-likeness (QED) is 0.778. The molecule has 0 spiro atoms. The monoisotopic (exact) mass is 323 g/mol. The lowest BCUT2D eigenvalue weighted by Crippen LogP contribution is -2.16. The molecule has 0 radical (unpaired) electrons. The van der Waals surface area contributed by atoms with E-state index >= 15 is 0 Å². The van der Waals surface area contributed by atoms with Gasteiger partial charge in [0.1, 0.15) is 29.5 Å². The molecular weight excluding hydrogens is 306 g/mol. The lowest BCUT2D eigenvalue weighted by atomic mass is 10.1. The van der Waals surface area contributed by atoms with Crippen LogP contribution in [0.2, 0.25) is 0 Å². The summed E-state index contributed by atoms with van der Waals surface area (Å²) in [5.74, 6) is 2.40. The van der Waals surface area contributed by atoms with E-state index in [4.69, 9.17) is 4.74 Å². The van der Waals surface area contributed by atoms with E-state index < -0.39 is 0 Å². The first-order valence-electron chi connectivity index (χ1n) is 7.41. The highest BCUT2D eigenvalue weighted by Gasteiger charge is 2.10. The first-order chi connectivity index (χ1) is 11.7. The molecule has 0 aliphatic rings. The van der Waals surface area contributed by atoms with Crippen LogP contribution in [0.15, 0.2) is 49.1 Å². The molecule has 24 heavy (non-hydrogen) atoms. The van der Waals surface area contributed by atoms with Crippen LogP contribution in [0.5, 0.6) is 5.75 Å². The minimum atomic E-state index is -0.175. The summed E-state index contributed by atoms with van der Waals surface area (Å²) in [5.41, 5.74) is 0.817. The maximum atomic E-state index is 12.3. The van der Waals surface area contributed by atoms with Gasteiger partial charge in [-0.25, -0.2) is 15.0 Å². The Morgan fingerprint density at radius 1 is 1.25 bits per heavy atom. The fourth-order valence-electron chi connectivity index (χ4n) is 2.38. The summed E-state index contributed by atoms with van der Waals surface area (Å²) in [6, 6.07) is 9.13. The number of para-hydroxylation sites is 1. The summed E-state index contributed by atoms with van der Waals surface area (Å²) in [4.78, 5) is 24.7. The van der Waals surface area contributed by atoms with Gasteiger partial charge in [-0.2, -0.15) is 0 Å². The van der Waals surface area contributed by atoms with Crippen LogP contribution in [-0.2, 0) is 11.2 Å². The number of imidazole rings is 1. The predicted octanol–water partition coefficient (Wildman–Crippen LogP) is 2.16. The van der Waals surface area contributed by atoms with Crippen LogP contribution in [0.3, 0.4) is 0 Å². The number of ether oxygens (including phenoxy) is 1. The van der Waals surface area contributed by atoms with E-state index in [0.29, 0.717) is 17.4 Å². The molecule has 1 aromatic carbocycles. The van der Waals surface area contributed by atoms with Crippen molar-refractivity contribution in [2.24, 2.45) is 0 Å². The second-order valence-corrected chi connectivity index (χ2v) is 5.14. The zero-order chi connectivity index (χ0) is 16.9. The lowest BCUT2D eigenvalue weighted by Gasteiger charge is -2.09. The molecule has 0 atom stereocenters. The Morgan fingerprint density at radius 3 is 2.83 bits per heavy atom. The number of rotatable bonds is 5. The predicted molar refractivity (Wildman–Crippen MR) is 89.2 cm³/mol. The Hall–Kier alpha value is -3.22. The molecule has 0 unspecified atom stereocenters. The van der Waals surface area contributed by atoms with E-state index in [1.165, 1.54) is 6.33 Å². The van der Waals surface area contributed by atoms with Crippen molar-refractivity contribution >= 4 is 11.7 Å². The van der Waals surface area contributed by atoms with Gasteiger partial charge in [0.15, 0.2) is 0 Å². The second-order valence-electron chi connectivity index (χ2n) is 5.14. The number of hydrogen-bond acceptors (Lipinski definition) is 5. The average molecular weight is 323 g/mol. The van der Waals surface area contributed by atoms with Gasteiger partial charge < -0.3 is 10.1 Å². The Bertz CT molecular complexity index is 859. The number of nitrogens with one attached hydrogen (secondary N) is 1. The third-order valence-corrected chi connectivity index (χ3v) is 3.54. The lowest BCUT2D eigenvalue weighted by molar-refractivity contribution is -0.115. The van der Waals surface area contributed by atoms with Crippen molar-refractivity contribution in [2.75, 3.05) is 12.4 Å². The van der Waals surface area contributed by atoms with Gasteiger partial charge in [-0.1, -0.05) is 18.2 Å². The van der Waals surface area contributed by atoms with Crippen LogP contribution in [0.4, 0.5) is 5.82 Å². The molecule has 2 heterocycles. The molecule has 3 rings (SSSR count). The highest BCUT2D eigenvalue weighted by Crippen LogP contribution is 2.18. The first-order valence-corrected chi connectivity index (χ1v) is 7.41. The van der Waals surface area contributed by atoms with Crippen molar-refractivity contribution in [1.29, 1.82) is 0 Å². The number of aromatic nitrogens is 4. The number of anilines is 1. The molecular formula is C17H17N5O2. The molecule has 0 saturated carbocycles. The van der Waals surface area contributed by atoms with Gasteiger partial charge in [-0.3, -0.25) is 9.36 Å². The van der Waals surface area contributed by atoms with Crippen LogP contribution < -0.4 is 10.1 Å². The van der Waals surface area contributed by atoms with E-state index in [2.05, 4.69) is 20.3 Å². The molecule has 0 aliphatic carbocycles. The van der Waals surface area contributed by atoms with Gasteiger partial charge in [0.25, 0.3) is 0 Å². The van der Waals surface area contributed by atoms with E-state index in [9.17, 15) is 4.79 Å². The minimum absolute atomic E-state index is 0.175. The Labute approximate surface area is 139 Å². The van der Waals surface area contributed by atoms with Gasteiger partial charge in [-0.05, 0) is 13.0 Å². The normalized spacial score (nSPS) is 10.4. The van der Waals surface area contributed by atoms with Gasteiger partial charge in [0, 0.05) is 24.0 Å². The summed E-state index contributed by atoms with van der Waals surface area (Å²) in [6.07, 6.45) is 5.11.